The van der Waals surface area contributed by atoms with Crippen LogP contribution in [0.5, 0.6) is 0 Å². The molecule has 29 heavy (non-hydrogen) atoms. The van der Waals surface area contributed by atoms with Gasteiger partial charge in [-0.2, -0.15) is 0 Å². The first kappa shape index (κ1) is 18.9. The van der Waals surface area contributed by atoms with Gasteiger partial charge in [-0.1, -0.05) is 133 Å². The van der Waals surface area contributed by atoms with E-state index >= 15 is 0 Å². The van der Waals surface area contributed by atoms with E-state index in [4.69, 9.17) is 0 Å². The molecule has 0 fully saturated rings. The van der Waals surface area contributed by atoms with Crippen molar-refractivity contribution < 1.29 is 0 Å². The van der Waals surface area contributed by atoms with Crippen LogP contribution in [0.3, 0.4) is 0 Å². The molecule has 0 aliphatic heterocycles. The van der Waals surface area contributed by atoms with Gasteiger partial charge >= 0.3 is 0 Å². The topological polar surface area (TPSA) is 0 Å². The van der Waals surface area contributed by atoms with Crippen LogP contribution in [0.2, 0.25) is 0 Å². The van der Waals surface area contributed by atoms with Crippen LogP contribution in [0.15, 0.2) is 122 Å². The lowest BCUT2D eigenvalue weighted by Gasteiger charge is -2.15. The van der Waals surface area contributed by atoms with Gasteiger partial charge in [-0.15, -0.1) is 0 Å². The van der Waals surface area contributed by atoms with Gasteiger partial charge in [0.2, 0.25) is 0 Å². The van der Waals surface area contributed by atoms with E-state index in [-0.39, 0.29) is 0 Å². The summed E-state index contributed by atoms with van der Waals surface area (Å²) < 4.78 is 0. The minimum absolute atomic E-state index is 0.528. The highest BCUT2D eigenvalue weighted by Crippen LogP contribution is 2.21. The highest BCUT2D eigenvalue weighted by atomic mass is 28.2. The molecule has 0 saturated carbocycles. The van der Waals surface area contributed by atoms with E-state index in [0.717, 1.165) is 22.3 Å². The monoisotopic (exact) mass is 386 g/mol. The first-order valence-electron chi connectivity index (χ1n) is 9.68. The molecule has 0 saturated heterocycles. The molecule has 138 valence electrons. The Kier molecular flexibility index (Phi) is 5.69. The highest BCUT2D eigenvalue weighted by Gasteiger charge is 2.13. The molecule has 0 amide bonds. The predicted molar refractivity (Wildman–Crippen MR) is 127 cm³/mol. The van der Waals surface area contributed by atoms with Crippen molar-refractivity contribution in [3.8, 4) is 0 Å². The summed E-state index contributed by atoms with van der Waals surface area (Å²) in [4.78, 5) is 0. The molecule has 0 aliphatic rings. The molecule has 4 rings (SSSR count). The van der Waals surface area contributed by atoms with Crippen LogP contribution in [-0.4, -0.2) is 9.52 Å². The smallest absolute Gasteiger partial charge is 0.0906 e. The first-order valence-corrected chi connectivity index (χ1v) is 10.7. The minimum atomic E-state index is 0.528. The Morgan fingerprint density at radius 2 is 0.793 bits per heavy atom. The lowest BCUT2D eigenvalue weighted by Crippen LogP contribution is -2.32. The van der Waals surface area contributed by atoms with E-state index in [2.05, 4.69) is 110 Å². The molecule has 0 aromatic heterocycles. The zero-order valence-corrected chi connectivity index (χ0v) is 17.3. The Labute approximate surface area is 175 Å². The predicted octanol–water partition coefficient (Wildman–Crippen LogP) is 5.46. The summed E-state index contributed by atoms with van der Waals surface area (Å²) in [5, 5.41) is 2.60. The van der Waals surface area contributed by atoms with Gasteiger partial charge in [0.1, 0.15) is 9.52 Å². The molecule has 0 aliphatic carbocycles. The Morgan fingerprint density at radius 1 is 0.448 bits per heavy atom. The van der Waals surface area contributed by atoms with Crippen molar-refractivity contribution in [1.82, 2.24) is 0 Å². The molecule has 0 nitrogen and oxygen atoms in total. The summed E-state index contributed by atoms with van der Waals surface area (Å²) in [6.45, 7) is 8.78. The van der Waals surface area contributed by atoms with Gasteiger partial charge in [-0.3, -0.25) is 0 Å². The van der Waals surface area contributed by atoms with E-state index in [9.17, 15) is 0 Å². The van der Waals surface area contributed by atoms with E-state index < -0.39 is 0 Å². The zero-order chi connectivity index (χ0) is 20.1. The van der Waals surface area contributed by atoms with Crippen molar-refractivity contribution in [1.29, 1.82) is 0 Å². The van der Waals surface area contributed by atoms with Crippen LogP contribution in [0.25, 0.3) is 11.1 Å². The highest BCUT2D eigenvalue weighted by molar-refractivity contribution is 6.69. The van der Waals surface area contributed by atoms with Gasteiger partial charge in [0, 0.05) is 0 Å². The van der Waals surface area contributed by atoms with Gasteiger partial charge in [0.15, 0.2) is 0 Å². The third-order valence-electron chi connectivity index (χ3n) is 5.02. The molecule has 4 aromatic carbocycles. The second-order valence-corrected chi connectivity index (χ2v) is 8.23. The third-order valence-corrected chi connectivity index (χ3v) is 6.43. The summed E-state index contributed by atoms with van der Waals surface area (Å²) in [5.74, 6) is 0. The van der Waals surface area contributed by atoms with Gasteiger partial charge in [0.25, 0.3) is 0 Å². The molecule has 0 spiro atoms. The fraction of sp³-hybridized carbons (Fsp3) is 0. The lowest BCUT2D eigenvalue weighted by atomic mass is 9.99. The number of hydrogen-bond donors (Lipinski definition) is 0. The molecule has 0 atom stereocenters. The van der Waals surface area contributed by atoms with Crippen LogP contribution < -0.4 is 10.4 Å². The van der Waals surface area contributed by atoms with Crippen LogP contribution in [0.1, 0.15) is 22.3 Å². The van der Waals surface area contributed by atoms with Crippen molar-refractivity contribution in [2.75, 3.05) is 0 Å². The van der Waals surface area contributed by atoms with E-state index in [1.54, 1.807) is 0 Å². The molecule has 0 N–H and O–H groups in total. The van der Waals surface area contributed by atoms with Gasteiger partial charge in [-0.05, 0) is 33.4 Å². The summed E-state index contributed by atoms with van der Waals surface area (Å²) in [5.41, 5.74) is 6.86. The molecular weight excluding hydrogens is 364 g/mol. The summed E-state index contributed by atoms with van der Waals surface area (Å²) >= 11 is 0. The molecule has 0 bridgehead atoms. The van der Waals surface area contributed by atoms with Gasteiger partial charge in [-0.25, -0.2) is 0 Å². The Bertz CT molecular complexity index is 1050. The second-order valence-electron chi connectivity index (χ2n) is 6.91. The minimum Gasteiger partial charge on any atom is -0.0906 e. The van der Waals surface area contributed by atoms with Crippen molar-refractivity contribution >= 4 is 31.0 Å². The molecule has 4 aromatic rings. The van der Waals surface area contributed by atoms with Gasteiger partial charge in [0.05, 0.1) is 0 Å². The van der Waals surface area contributed by atoms with Crippen molar-refractivity contribution in [3.63, 3.8) is 0 Å². The van der Waals surface area contributed by atoms with Crippen LogP contribution >= 0.6 is 0 Å². The number of hydrogen-bond acceptors (Lipinski definition) is 0. The third kappa shape index (κ3) is 4.21. The molecule has 2 radical (unpaired) electrons. The van der Waals surface area contributed by atoms with E-state index in [1.807, 2.05) is 12.1 Å². The Balaban J connectivity index is 1.70. The molecule has 0 heterocycles. The first-order chi connectivity index (χ1) is 14.2. The quantitative estimate of drug-likeness (QED) is 0.386. The maximum atomic E-state index is 4.39. The van der Waals surface area contributed by atoms with Gasteiger partial charge < -0.3 is 0 Å². The number of benzene rings is 4. The summed E-state index contributed by atoms with van der Waals surface area (Å²) in [6, 6.07) is 38.0. The largest absolute Gasteiger partial charge is 0.123 e. The summed E-state index contributed by atoms with van der Waals surface area (Å²) in [7, 11) is 0.528. The van der Waals surface area contributed by atoms with Crippen LogP contribution in [0, 0.1) is 0 Å². The SMILES string of the molecule is C=C(c1ccccc1)c1ccccc1[Si]c1ccccc1C(=C)c1ccccc1. The standard InChI is InChI=1S/C28H22Si/c1-21(23-13-5-3-6-14-23)25-17-9-11-19-27(25)29-28-20-12-10-18-26(28)22(2)24-15-7-4-8-16-24/h3-20H,1-2H2. The number of rotatable bonds is 6. The van der Waals surface area contributed by atoms with E-state index in [0.29, 0.717) is 9.52 Å². The summed E-state index contributed by atoms with van der Waals surface area (Å²) in [6.07, 6.45) is 0. The normalized spacial score (nSPS) is 10.5. The van der Waals surface area contributed by atoms with Crippen molar-refractivity contribution in [3.05, 3.63) is 145 Å². The maximum Gasteiger partial charge on any atom is 0.123 e. The molecular formula is C28H22Si. The van der Waals surface area contributed by atoms with Crippen LogP contribution in [-0.2, 0) is 0 Å². The zero-order valence-electron chi connectivity index (χ0n) is 16.3. The fourth-order valence-electron chi connectivity index (χ4n) is 3.45. The Hall–Kier alpha value is -3.42. The van der Waals surface area contributed by atoms with Crippen LogP contribution in [0.4, 0.5) is 0 Å². The van der Waals surface area contributed by atoms with E-state index in [1.165, 1.54) is 21.5 Å². The lowest BCUT2D eigenvalue weighted by molar-refractivity contribution is 1.57. The average molecular weight is 387 g/mol. The average Bonchev–Trinajstić information content (AvgIpc) is 2.80. The maximum absolute atomic E-state index is 4.39. The van der Waals surface area contributed by atoms with Crippen molar-refractivity contribution in [2.24, 2.45) is 0 Å². The molecule has 0 unspecified atom stereocenters. The Morgan fingerprint density at radius 3 is 1.21 bits per heavy atom. The molecule has 1 heteroatoms. The van der Waals surface area contributed by atoms with Crippen molar-refractivity contribution in [2.45, 2.75) is 0 Å². The fourth-order valence-corrected chi connectivity index (χ4v) is 4.83. The second kappa shape index (κ2) is 8.72.